The molecule has 6 heteroatoms. The second kappa shape index (κ2) is 5.27. The van der Waals surface area contributed by atoms with Gasteiger partial charge in [-0.05, 0) is 24.6 Å². The van der Waals surface area contributed by atoms with Crippen LogP contribution >= 0.6 is 11.3 Å². The molecular formula is C13H15N3O2S. The molecule has 0 aliphatic heterocycles. The second-order valence-corrected chi connectivity index (χ2v) is 5.39. The summed E-state index contributed by atoms with van der Waals surface area (Å²) in [5.74, 6) is -0.955. The zero-order valence-electron chi connectivity index (χ0n) is 11.0. The number of benzene rings is 1. The monoisotopic (exact) mass is 277 g/mol. The maximum absolute atomic E-state index is 10.8. The van der Waals surface area contributed by atoms with E-state index in [4.69, 9.17) is 5.11 Å². The molecule has 0 saturated carbocycles. The summed E-state index contributed by atoms with van der Waals surface area (Å²) in [4.78, 5) is 17.1. The Kier molecular flexibility index (Phi) is 3.71. The summed E-state index contributed by atoms with van der Waals surface area (Å²) in [6.07, 6.45) is 1.36. The molecule has 0 radical (unpaired) electrons. The normalized spacial score (nSPS) is 10.3. The van der Waals surface area contributed by atoms with E-state index in [2.05, 4.69) is 10.3 Å². The van der Waals surface area contributed by atoms with Crippen molar-refractivity contribution in [1.82, 2.24) is 4.98 Å². The van der Waals surface area contributed by atoms with Crippen molar-refractivity contribution in [2.75, 3.05) is 24.3 Å². The molecule has 2 rings (SSSR count). The van der Waals surface area contributed by atoms with E-state index in [1.54, 1.807) is 0 Å². The van der Waals surface area contributed by atoms with Gasteiger partial charge in [0.05, 0.1) is 6.20 Å². The number of anilines is 3. The highest BCUT2D eigenvalue weighted by molar-refractivity contribution is 7.17. The minimum atomic E-state index is -0.955. The summed E-state index contributed by atoms with van der Waals surface area (Å²) in [6.45, 7) is 2.05. The van der Waals surface area contributed by atoms with Crippen LogP contribution in [0.4, 0.5) is 16.5 Å². The Morgan fingerprint density at radius 2 is 2.16 bits per heavy atom. The first-order valence-electron chi connectivity index (χ1n) is 5.71. The van der Waals surface area contributed by atoms with E-state index in [1.807, 2.05) is 44.1 Å². The van der Waals surface area contributed by atoms with Crippen molar-refractivity contribution in [2.45, 2.75) is 6.92 Å². The molecule has 19 heavy (non-hydrogen) atoms. The fourth-order valence-electron chi connectivity index (χ4n) is 1.72. The third-order valence-corrected chi connectivity index (χ3v) is 3.56. The SMILES string of the molecule is Cc1ccc(Nc2ncc(C(=O)O)s2)cc1N(C)C. The highest BCUT2D eigenvalue weighted by Crippen LogP contribution is 2.27. The van der Waals surface area contributed by atoms with Crippen LogP contribution in [0.2, 0.25) is 0 Å². The van der Waals surface area contributed by atoms with E-state index in [-0.39, 0.29) is 4.88 Å². The zero-order chi connectivity index (χ0) is 14.0. The van der Waals surface area contributed by atoms with Gasteiger partial charge in [0.25, 0.3) is 0 Å². The van der Waals surface area contributed by atoms with Crippen LogP contribution in [0, 0.1) is 6.92 Å². The number of aromatic nitrogens is 1. The molecule has 0 fully saturated rings. The maximum Gasteiger partial charge on any atom is 0.347 e. The molecule has 100 valence electrons. The molecule has 1 heterocycles. The van der Waals surface area contributed by atoms with Crippen LogP contribution in [-0.4, -0.2) is 30.2 Å². The molecule has 2 N–H and O–H groups in total. The molecule has 0 atom stereocenters. The van der Waals surface area contributed by atoms with Crippen molar-refractivity contribution in [3.8, 4) is 0 Å². The Labute approximate surface area is 115 Å². The van der Waals surface area contributed by atoms with Gasteiger partial charge in [0.15, 0.2) is 5.13 Å². The Morgan fingerprint density at radius 1 is 1.42 bits per heavy atom. The fraction of sp³-hybridized carbons (Fsp3) is 0.231. The van der Waals surface area contributed by atoms with Gasteiger partial charge in [-0.25, -0.2) is 9.78 Å². The highest BCUT2D eigenvalue weighted by Gasteiger charge is 2.09. The number of hydrogen-bond acceptors (Lipinski definition) is 5. The number of thiazole rings is 1. The second-order valence-electron chi connectivity index (χ2n) is 4.36. The number of carboxylic acids is 1. The molecule has 0 aliphatic carbocycles. The molecule has 5 nitrogen and oxygen atoms in total. The summed E-state index contributed by atoms with van der Waals surface area (Å²) in [7, 11) is 3.97. The van der Waals surface area contributed by atoms with Crippen molar-refractivity contribution < 1.29 is 9.90 Å². The van der Waals surface area contributed by atoms with Crippen molar-refractivity contribution in [1.29, 1.82) is 0 Å². The first-order valence-corrected chi connectivity index (χ1v) is 6.53. The minimum Gasteiger partial charge on any atom is -0.477 e. The average Bonchev–Trinajstić information content (AvgIpc) is 2.80. The summed E-state index contributed by atoms with van der Waals surface area (Å²) >= 11 is 1.12. The molecule has 0 spiro atoms. The zero-order valence-corrected chi connectivity index (χ0v) is 11.8. The summed E-state index contributed by atoms with van der Waals surface area (Å²) in [6, 6.07) is 5.98. The van der Waals surface area contributed by atoms with Crippen LogP contribution in [0.25, 0.3) is 0 Å². The number of carbonyl (C=O) groups is 1. The molecule has 0 aliphatic rings. The van der Waals surface area contributed by atoms with Gasteiger partial charge in [-0.3, -0.25) is 0 Å². The van der Waals surface area contributed by atoms with E-state index >= 15 is 0 Å². The predicted octanol–water partition coefficient (Wildman–Crippen LogP) is 2.96. The number of nitrogens with one attached hydrogen (secondary N) is 1. The van der Waals surface area contributed by atoms with Gasteiger partial charge in [0, 0.05) is 25.5 Å². The Morgan fingerprint density at radius 3 is 2.74 bits per heavy atom. The van der Waals surface area contributed by atoms with Crippen LogP contribution < -0.4 is 10.2 Å². The van der Waals surface area contributed by atoms with Gasteiger partial charge in [-0.1, -0.05) is 17.4 Å². The van der Waals surface area contributed by atoms with Crippen LogP contribution in [0.3, 0.4) is 0 Å². The molecule has 0 bridgehead atoms. The van der Waals surface area contributed by atoms with Crippen molar-refractivity contribution in [3.05, 3.63) is 34.8 Å². The topological polar surface area (TPSA) is 65.5 Å². The van der Waals surface area contributed by atoms with E-state index in [0.717, 1.165) is 22.7 Å². The minimum absolute atomic E-state index is 0.224. The summed E-state index contributed by atoms with van der Waals surface area (Å²) in [5, 5.41) is 12.5. The lowest BCUT2D eigenvalue weighted by molar-refractivity contribution is 0.0702. The Hall–Kier alpha value is -2.08. The first-order chi connectivity index (χ1) is 8.97. The number of aryl methyl sites for hydroxylation is 1. The lowest BCUT2D eigenvalue weighted by Crippen LogP contribution is -2.10. The number of rotatable bonds is 4. The van der Waals surface area contributed by atoms with Gasteiger partial charge in [0.2, 0.25) is 0 Å². The molecule has 0 unspecified atom stereocenters. The van der Waals surface area contributed by atoms with E-state index in [9.17, 15) is 4.79 Å². The van der Waals surface area contributed by atoms with Crippen LogP contribution in [0.1, 0.15) is 15.2 Å². The molecule has 1 aromatic carbocycles. The predicted molar refractivity (Wildman–Crippen MR) is 77.9 cm³/mol. The smallest absolute Gasteiger partial charge is 0.347 e. The highest BCUT2D eigenvalue weighted by atomic mass is 32.1. The lowest BCUT2D eigenvalue weighted by atomic mass is 10.1. The Balaban J connectivity index is 2.23. The lowest BCUT2D eigenvalue weighted by Gasteiger charge is -2.16. The summed E-state index contributed by atoms with van der Waals surface area (Å²) in [5.41, 5.74) is 3.18. The molecule has 2 aromatic rings. The Bertz CT molecular complexity index is 608. The molecule has 1 aromatic heterocycles. The fourth-order valence-corrected chi connectivity index (χ4v) is 2.40. The largest absolute Gasteiger partial charge is 0.477 e. The van der Waals surface area contributed by atoms with Crippen LogP contribution in [-0.2, 0) is 0 Å². The van der Waals surface area contributed by atoms with Crippen molar-refractivity contribution in [2.24, 2.45) is 0 Å². The van der Waals surface area contributed by atoms with Gasteiger partial charge >= 0.3 is 5.97 Å². The van der Waals surface area contributed by atoms with Crippen molar-refractivity contribution in [3.63, 3.8) is 0 Å². The molecule has 0 amide bonds. The van der Waals surface area contributed by atoms with Crippen molar-refractivity contribution >= 4 is 33.8 Å². The third-order valence-electron chi connectivity index (χ3n) is 2.66. The van der Waals surface area contributed by atoms with Crippen LogP contribution in [0.5, 0.6) is 0 Å². The number of hydrogen-bond donors (Lipinski definition) is 2. The number of aromatic carboxylic acids is 1. The van der Waals surface area contributed by atoms with E-state index in [1.165, 1.54) is 11.8 Å². The van der Waals surface area contributed by atoms with Gasteiger partial charge in [-0.15, -0.1) is 0 Å². The van der Waals surface area contributed by atoms with Gasteiger partial charge in [-0.2, -0.15) is 0 Å². The summed E-state index contributed by atoms with van der Waals surface area (Å²) < 4.78 is 0. The standard InChI is InChI=1S/C13H15N3O2S/c1-8-4-5-9(6-10(8)16(2)3)15-13-14-7-11(19-13)12(17)18/h4-7H,1-3H3,(H,14,15)(H,17,18). The third kappa shape index (κ3) is 3.03. The van der Waals surface area contributed by atoms with E-state index in [0.29, 0.717) is 5.13 Å². The average molecular weight is 277 g/mol. The maximum atomic E-state index is 10.8. The number of nitrogens with zero attached hydrogens (tertiary/aromatic N) is 2. The van der Waals surface area contributed by atoms with Gasteiger partial charge < -0.3 is 15.3 Å². The molecule has 0 saturated heterocycles. The van der Waals surface area contributed by atoms with Gasteiger partial charge in [0.1, 0.15) is 4.88 Å². The molecular weight excluding hydrogens is 262 g/mol. The quantitative estimate of drug-likeness (QED) is 0.899. The number of carboxylic acid groups (broad SMARTS) is 1. The van der Waals surface area contributed by atoms with Crippen LogP contribution in [0.15, 0.2) is 24.4 Å². The first kappa shape index (κ1) is 13.4. The van der Waals surface area contributed by atoms with E-state index < -0.39 is 5.97 Å².